The lowest BCUT2D eigenvalue weighted by molar-refractivity contribution is -0.862. The average Bonchev–Trinajstić information content (AvgIpc) is 1.80. The number of hydrogen-bond acceptors (Lipinski definition) is 3. The molecule has 6 nitrogen and oxygen atoms in total. The minimum Gasteiger partial charge on any atom is -0.481 e. The van der Waals surface area contributed by atoms with Crippen molar-refractivity contribution in [3.05, 3.63) is 0 Å². The largest absolute Gasteiger partial charge is 0.481 e. The van der Waals surface area contributed by atoms with Gasteiger partial charge in [0.05, 0.1) is 27.6 Å². The standard InChI is InChI=1S/C5H11NO2.C3H7NO2/c1-6(2,3)4-5(7)8;4-2-1-3(5)6/h4H2,1-3H3;1-2,4H2,(H,5,6)/p+1. The highest BCUT2D eigenvalue weighted by Crippen LogP contribution is 1.86. The van der Waals surface area contributed by atoms with E-state index in [9.17, 15) is 9.59 Å². The molecule has 0 aliphatic carbocycles. The molecule has 0 fully saturated rings. The van der Waals surface area contributed by atoms with Crippen LogP contribution >= 0.6 is 0 Å². The van der Waals surface area contributed by atoms with E-state index in [2.05, 4.69) is 0 Å². The predicted octanol–water partition coefficient (Wildman–Crippen LogP) is -0.803. The van der Waals surface area contributed by atoms with Crippen molar-refractivity contribution in [3.8, 4) is 0 Å². The highest BCUT2D eigenvalue weighted by Gasteiger charge is 2.11. The molecule has 0 aliphatic rings. The molecule has 0 saturated heterocycles. The van der Waals surface area contributed by atoms with E-state index in [1.807, 2.05) is 21.1 Å². The molecule has 0 rings (SSSR count). The number of nitrogens with two attached hydrogens (primary N) is 1. The maximum atomic E-state index is 10.00. The summed E-state index contributed by atoms with van der Waals surface area (Å²) in [6.07, 6.45) is 0.0694. The number of nitrogens with zero attached hydrogens (tertiary/aromatic N) is 1. The summed E-state index contributed by atoms with van der Waals surface area (Å²) in [5.74, 6) is -1.59. The predicted molar refractivity (Wildman–Crippen MR) is 51.8 cm³/mol. The van der Waals surface area contributed by atoms with Crippen molar-refractivity contribution in [2.45, 2.75) is 6.42 Å². The van der Waals surface area contributed by atoms with Crippen LogP contribution < -0.4 is 5.73 Å². The molecule has 0 radical (unpaired) electrons. The first-order valence-corrected chi connectivity index (χ1v) is 4.13. The van der Waals surface area contributed by atoms with Crippen LogP contribution in [-0.2, 0) is 9.59 Å². The Hall–Kier alpha value is -1.14. The van der Waals surface area contributed by atoms with Crippen molar-refractivity contribution in [2.24, 2.45) is 5.73 Å². The van der Waals surface area contributed by atoms with Gasteiger partial charge in [-0.1, -0.05) is 0 Å². The van der Waals surface area contributed by atoms with Gasteiger partial charge in [-0.05, 0) is 0 Å². The lowest BCUT2D eigenvalue weighted by atomic mass is 10.5. The van der Waals surface area contributed by atoms with E-state index in [0.717, 1.165) is 0 Å². The van der Waals surface area contributed by atoms with Gasteiger partial charge in [0.1, 0.15) is 0 Å². The molecule has 0 aromatic rings. The lowest BCUT2D eigenvalue weighted by Crippen LogP contribution is -2.39. The molecule has 0 aliphatic heterocycles. The Balaban J connectivity index is 0. The van der Waals surface area contributed by atoms with Crippen LogP contribution in [0.25, 0.3) is 0 Å². The number of hydrogen-bond donors (Lipinski definition) is 3. The summed E-state index contributed by atoms with van der Waals surface area (Å²) in [5.41, 5.74) is 4.85. The van der Waals surface area contributed by atoms with E-state index < -0.39 is 11.9 Å². The first kappa shape index (κ1) is 15.3. The zero-order valence-corrected chi connectivity index (χ0v) is 8.86. The van der Waals surface area contributed by atoms with Crippen LogP contribution in [0.15, 0.2) is 0 Å². The first-order chi connectivity index (χ1) is 6.19. The van der Waals surface area contributed by atoms with Gasteiger partial charge in [0.15, 0.2) is 6.54 Å². The molecule has 0 bridgehead atoms. The molecule has 0 spiro atoms. The monoisotopic (exact) mass is 207 g/mol. The quantitative estimate of drug-likeness (QED) is 0.524. The third kappa shape index (κ3) is 22.4. The Morgan fingerprint density at radius 1 is 1.14 bits per heavy atom. The summed E-state index contributed by atoms with van der Waals surface area (Å²) in [6, 6.07) is 0. The Morgan fingerprint density at radius 2 is 1.57 bits per heavy atom. The number of likely N-dealkylation sites (N-methyl/N-ethyl adjacent to an activating group) is 1. The molecule has 0 heterocycles. The second kappa shape index (κ2) is 7.28. The summed E-state index contributed by atoms with van der Waals surface area (Å²) >= 11 is 0. The maximum Gasteiger partial charge on any atom is 0.359 e. The average molecular weight is 207 g/mol. The van der Waals surface area contributed by atoms with Gasteiger partial charge < -0.3 is 20.4 Å². The number of carbonyl (C=O) groups is 2. The molecule has 0 atom stereocenters. The van der Waals surface area contributed by atoms with Crippen molar-refractivity contribution in [3.63, 3.8) is 0 Å². The van der Waals surface area contributed by atoms with E-state index in [-0.39, 0.29) is 19.5 Å². The lowest BCUT2D eigenvalue weighted by Gasteiger charge is -2.20. The second-order valence-electron chi connectivity index (χ2n) is 3.77. The zero-order valence-electron chi connectivity index (χ0n) is 8.86. The van der Waals surface area contributed by atoms with Gasteiger partial charge in [-0.15, -0.1) is 0 Å². The zero-order chi connectivity index (χ0) is 11.8. The van der Waals surface area contributed by atoms with Crippen molar-refractivity contribution in [1.29, 1.82) is 0 Å². The smallest absolute Gasteiger partial charge is 0.359 e. The number of quaternary nitrogens is 1. The van der Waals surface area contributed by atoms with Gasteiger partial charge in [-0.3, -0.25) is 4.79 Å². The van der Waals surface area contributed by atoms with Gasteiger partial charge >= 0.3 is 11.9 Å². The van der Waals surface area contributed by atoms with Crippen molar-refractivity contribution < 1.29 is 24.3 Å². The molecular weight excluding hydrogens is 188 g/mol. The topological polar surface area (TPSA) is 101 Å². The normalized spacial score (nSPS) is 10.0. The van der Waals surface area contributed by atoms with Crippen LogP contribution in [0.4, 0.5) is 0 Å². The summed E-state index contributed by atoms with van der Waals surface area (Å²) in [6.45, 7) is 0.412. The first-order valence-electron chi connectivity index (χ1n) is 4.13. The highest BCUT2D eigenvalue weighted by atomic mass is 16.4. The summed E-state index contributed by atoms with van der Waals surface area (Å²) < 4.78 is 0.481. The molecule has 84 valence electrons. The minimum atomic E-state index is -0.836. The molecule has 0 amide bonds. The van der Waals surface area contributed by atoms with Gasteiger partial charge in [-0.2, -0.15) is 0 Å². The number of carboxylic acids is 2. The minimum absolute atomic E-state index is 0.0694. The number of aliphatic carboxylic acids is 2. The fourth-order valence-corrected chi connectivity index (χ4v) is 0.529. The van der Waals surface area contributed by atoms with Crippen LogP contribution in [-0.4, -0.2) is 60.9 Å². The van der Waals surface area contributed by atoms with Crippen LogP contribution in [0.3, 0.4) is 0 Å². The number of carboxylic acid groups (broad SMARTS) is 2. The van der Waals surface area contributed by atoms with Gasteiger partial charge in [-0.25, -0.2) is 4.79 Å². The van der Waals surface area contributed by atoms with E-state index >= 15 is 0 Å². The molecular formula is C8H19N2O4+. The molecule has 4 N–H and O–H groups in total. The third-order valence-corrected chi connectivity index (χ3v) is 0.968. The van der Waals surface area contributed by atoms with E-state index in [0.29, 0.717) is 4.48 Å². The Labute approximate surface area is 83.5 Å². The Kier molecular flexibility index (Phi) is 7.98. The summed E-state index contributed by atoms with van der Waals surface area (Å²) in [4.78, 5) is 19.5. The van der Waals surface area contributed by atoms with E-state index in [4.69, 9.17) is 15.9 Å². The Bertz CT molecular complexity index is 186. The SMILES string of the molecule is C[N+](C)(C)CC(=O)O.NCCC(=O)O. The molecule has 0 aromatic heterocycles. The fraction of sp³-hybridized carbons (Fsp3) is 0.750. The second-order valence-corrected chi connectivity index (χ2v) is 3.77. The van der Waals surface area contributed by atoms with Crippen molar-refractivity contribution in [2.75, 3.05) is 34.2 Å². The van der Waals surface area contributed by atoms with Gasteiger partial charge in [0, 0.05) is 6.54 Å². The fourth-order valence-electron chi connectivity index (χ4n) is 0.529. The van der Waals surface area contributed by atoms with E-state index in [1.54, 1.807) is 0 Å². The van der Waals surface area contributed by atoms with E-state index in [1.165, 1.54) is 0 Å². The molecule has 0 aromatic carbocycles. The van der Waals surface area contributed by atoms with Crippen LogP contribution in [0.1, 0.15) is 6.42 Å². The van der Waals surface area contributed by atoms with Crippen molar-refractivity contribution in [1.82, 2.24) is 0 Å². The molecule has 6 heteroatoms. The number of rotatable bonds is 4. The molecule has 14 heavy (non-hydrogen) atoms. The summed E-state index contributed by atoms with van der Waals surface area (Å²) in [5, 5.41) is 16.1. The van der Waals surface area contributed by atoms with Crippen molar-refractivity contribution >= 4 is 11.9 Å². The Morgan fingerprint density at radius 3 is 1.57 bits per heavy atom. The van der Waals surface area contributed by atoms with Crippen LogP contribution in [0, 0.1) is 0 Å². The third-order valence-electron chi connectivity index (χ3n) is 0.968. The van der Waals surface area contributed by atoms with Gasteiger partial charge in [0.25, 0.3) is 0 Å². The molecule has 0 saturated carbocycles. The molecule has 0 unspecified atom stereocenters. The van der Waals surface area contributed by atoms with Gasteiger partial charge in [0.2, 0.25) is 0 Å². The van der Waals surface area contributed by atoms with Crippen LogP contribution in [0.2, 0.25) is 0 Å². The highest BCUT2D eigenvalue weighted by molar-refractivity contribution is 5.67. The van der Waals surface area contributed by atoms with Crippen LogP contribution in [0.5, 0.6) is 0 Å². The maximum absolute atomic E-state index is 10.00. The summed E-state index contributed by atoms with van der Waals surface area (Å²) in [7, 11) is 5.52.